The van der Waals surface area contributed by atoms with Crippen molar-refractivity contribution in [3.8, 4) is 0 Å². The van der Waals surface area contributed by atoms with Gasteiger partial charge in [0.2, 0.25) is 23.6 Å². The lowest BCUT2D eigenvalue weighted by Crippen LogP contribution is -2.55. The number of amides is 4. The molecule has 16 atom stereocenters. The first-order chi connectivity index (χ1) is 40.1. The monoisotopic (exact) mass is 1210 g/mol. The molecular formula is C55H95N5O24. The molecule has 0 aromatic heterocycles. The minimum atomic E-state index is -1.38. The fraction of sp³-hybridized carbons (Fsp3) is 0.855. The third-order valence-corrected chi connectivity index (χ3v) is 14.9. The van der Waals surface area contributed by atoms with Crippen molar-refractivity contribution in [3.63, 3.8) is 0 Å². The fourth-order valence-corrected chi connectivity index (χ4v) is 9.57. The zero-order valence-corrected chi connectivity index (χ0v) is 48.9. The van der Waals surface area contributed by atoms with Crippen molar-refractivity contribution in [2.45, 2.75) is 191 Å². The molecule has 484 valence electrons. The molecule has 0 radical (unpaired) electrons. The van der Waals surface area contributed by atoms with Crippen molar-refractivity contribution in [1.82, 2.24) is 26.2 Å². The van der Waals surface area contributed by atoms with Crippen molar-refractivity contribution < 1.29 is 117 Å². The highest BCUT2D eigenvalue weighted by Gasteiger charge is 2.45. The summed E-state index contributed by atoms with van der Waals surface area (Å²) in [4.78, 5) is 107. The second-order valence-electron chi connectivity index (χ2n) is 21.7. The predicted octanol–water partition coefficient (Wildman–Crippen LogP) is -4.22. The van der Waals surface area contributed by atoms with Gasteiger partial charge in [0.25, 0.3) is 0 Å². The van der Waals surface area contributed by atoms with Crippen LogP contribution < -0.4 is 21.3 Å². The summed E-state index contributed by atoms with van der Waals surface area (Å²) in [6, 6.07) is -1.38. The van der Waals surface area contributed by atoms with Gasteiger partial charge >= 0.3 is 0 Å². The molecule has 10 unspecified atom stereocenters. The van der Waals surface area contributed by atoms with Crippen molar-refractivity contribution in [1.29, 1.82) is 0 Å². The van der Waals surface area contributed by atoms with E-state index in [2.05, 4.69) is 21.3 Å². The van der Waals surface area contributed by atoms with Crippen LogP contribution in [0.4, 0.5) is 0 Å². The van der Waals surface area contributed by atoms with Crippen LogP contribution in [0.5, 0.6) is 0 Å². The highest BCUT2D eigenvalue weighted by atomic mass is 16.7. The van der Waals surface area contributed by atoms with Crippen molar-refractivity contribution in [3.05, 3.63) is 0 Å². The van der Waals surface area contributed by atoms with Crippen LogP contribution in [0.2, 0.25) is 0 Å². The van der Waals surface area contributed by atoms with Gasteiger partial charge in [-0.3, -0.25) is 43.3 Å². The first-order valence-corrected chi connectivity index (χ1v) is 29.2. The molecule has 3 saturated heterocycles. The molecule has 3 aliphatic heterocycles. The van der Waals surface area contributed by atoms with Crippen LogP contribution in [0.15, 0.2) is 0 Å². The SMILES string of the molecule is COCCCC(=O)CCCC(=O)CCC(C(=O)NCC(=O)NCCCO[C@@H]1OC(CO)[C@H](O)C(O)C1C)N(CC(=O)CCC(=O)NCCCO[C@@H]1OC(CO)[C@H](O)C(O)C1C)CC(=O)CCC(=O)NCCCO[C@@H]1OC(CO)[C@H](O)C(O)C1C. The van der Waals surface area contributed by atoms with E-state index < -0.39 is 172 Å². The molecule has 3 rings (SSSR count). The zero-order valence-electron chi connectivity index (χ0n) is 48.9. The number of ether oxygens (including phenoxy) is 7. The van der Waals surface area contributed by atoms with Gasteiger partial charge in [0, 0.05) is 102 Å². The number of nitrogens with one attached hydrogen (secondary N) is 4. The van der Waals surface area contributed by atoms with Gasteiger partial charge in [-0.05, 0) is 38.5 Å². The third kappa shape index (κ3) is 26.1. The van der Waals surface area contributed by atoms with E-state index in [0.717, 1.165) is 0 Å². The Bertz CT molecular complexity index is 1930. The molecule has 29 heteroatoms. The summed E-state index contributed by atoms with van der Waals surface area (Å²) in [5, 5.41) is 100. The molecule has 0 aromatic carbocycles. The number of carbonyl (C=O) groups is 8. The molecule has 0 bridgehead atoms. The van der Waals surface area contributed by atoms with Gasteiger partial charge in [-0.2, -0.15) is 0 Å². The van der Waals surface area contributed by atoms with E-state index in [9.17, 15) is 84.3 Å². The number of ketones is 4. The Hall–Kier alpha value is -4.12. The Kier molecular flexibility index (Phi) is 35.6. The molecule has 84 heavy (non-hydrogen) atoms. The van der Waals surface area contributed by atoms with Gasteiger partial charge in [0.05, 0.1) is 83.6 Å². The summed E-state index contributed by atoms with van der Waals surface area (Å²) in [6.45, 7) is 2.31. The summed E-state index contributed by atoms with van der Waals surface area (Å²) in [7, 11) is 1.52. The zero-order chi connectivity index (χ0) is 62.3. The van der Waals surface area contributed by atoms with E-state index in [1.165, 1.54) is 12.0 Å². The second-order valence-corrected chi connectivity index (χ2v) is 21.7. The summed E-state index contributed by atoms with van der Waals surface area (Å²) in [6.07, 6.45) is -13.3. The largest absolute Gasteiger partial charge is 0.394 e. The quantitative estimate of drug-likeness (QED) is 0.0257. The van der Waals surface area contributed by atoms with Crippen LogP contribution in [0, 0.1) is 17.8 Å². The van der Waals surface area contributed by atoms with E-state index in [1.54, 1.807) is 20.8 Å². The number of carbonyl (C=O) groups excluding carboxylic acids is 8. The molecule has 0 saturated carbocycles. The van der Waals surface area contributed by atoms with Crippen molar-refractivity contribution in [2.75, 3.05) is 92.6 Å². The Morgan fingerprint density at radius 3 is 1.19 bits per heavy atom. The summed E-state index contributed by atoms with van der Waals surface area (Å²) < 4.78 is 38.7. The highest BCUT2D eigenvalue weighted by Crippen LogP contribution is 2.29. The average molecular weight is 1210 g/mol. The van der Waals surface area contributed by atoms with Crippen LogP contribution in [0.25, 0.3) is 0 Å². The van der Waals surface area contributed by atoms with Gasteiger partial charge < -0.3 is 100 Å². The number of rotatable bonds is 43. The van der Waals surface area contributed by atoms with Gasteiger partial charge in [-0.15, -0.1) is 0 Å². The molecule has 0 aromatic rings. The van der Waals surface area contributed by atoms with E-state index in [-0.39, 0.29) is 134 Å². The lowest BCUT2D eigenvalue weighted by Gasteiger charge is -2.40. The number of hydrogen-bond donors (Lipinski definition) is 13. The summed E-state index contributed by atoms with van der Waals surface area (Å²) in [5.74, 6) is -5.90. The normalized spacial score (nSPS) is 28.3. The minimum absolute atomic E-state index is 0.0109. The maximum absolute atomic E-state index is 14.2. The van der Waals surface area contributed by atoms with Crippen LogP contribution in [-0.4, -0.2) is 270 Å². The van der Waals surface area contributed by atoms with E-state index in [4.69, 9.17) is 33.2 Å². The van der Waals surface area contributed by atoms with Gasteiger partial charge in [-0.25, -0.2) is 0 Å². The smallest absolute Gasteiger partial charge is 0.239 e. The van der Waals surface area contributed by atoms with E-state index in [0.29, 0.717) is 13.0 Å². The number of Topliss-reactive ketones (excluding diaryl/α,β-unsaturated/α-hetero) is 4. The van der Waals surface area contributed by atoms with Crippen LogP contribution in [0.1, 0.15) is 111 Å². The lowest BCUT2D eigenvalue weighted by atomic mass is 9.92. The first kappa shape index (κ1) is 74.1. The van der Waals surface area contributed by atoms with Crippen LogP contribution in [0.3, 0.4) is 0 Å². The van der Waals surface area contributed by atoms with Crippen LogP contribution in [-0.2, 0) is 71.5 Å². The standard InChI is InChI=1S/C55H95N5O24/c1-32-46(71)49(74)40(29-61)82-53(32)79-23-7-19-56-43(68)17-14-37(66)27-60(28-38(67)15-18-44(69)57-20-8-24-80-54-33(2)47(72)50(75)41(30-62)83-54)39(16-13-36(65)11-5-10-35(64)12-6-22-78-4)52(77)59-26-45(70)58-21-9-25-81-55-34(3)48(73)51(76)42(31-63)84-55/h32-34,39-42,46-51,53-55,61-63,71-76H,5-31H2,1-4H3,(H,56,68)(H,57,69)(H,58,70)(H,59,77)/t32?,33?,34?,39?,40?,41?,42?,46?,47?,48?,49-,50-,51-,53+,54+,55+/m0/s1. The predicted molar refractivity (Wildman–Crippen MR) is 293 cm³/mol. The summed E-state index contributed by atoms with van der Waals surface area (Å²) >= 11 is 0. The third-order valence-electron chi connectivity index (χ3n) is 14.9. The fourth-order valence-electron chi connectivity index (χ4n) is 9.57. The molecule has 0 spiro atoms. The molecular weight excluding hydrogens is 1110 g/mol. The molecule has 0 aliphatic carbocycles. The Labute approximate surface area is 490 Å². The number of hydrogen-bond acceptors (Lipinski definition) is 25. The van der Waals surface area contributed by atoms with Gasteiger partial charge in [-0.1, -0.05) is 20.8 Å². The van der Waals surface area contributed by atoms with Crippen molar-refractivity contribution >= 4 is 46.8 Å². The number of nitrogens with zero attached hydrogens (tertiary/aromatic N) is 1. The Morgan fingerprint density at radius 2 is 0.810 bits per heavy atom. The average Bonchev–Trinajstić information content (AvgIpc) is 3.36. The number of methoxy groups -OCH3 is 1. The minimum Gasteiger partial charge on any atom is -0.394 e. The highest BCUT2D eigenvalue weighted by molar-refractivity contribution is 5.92. The Morgan fingerprint density at radius 1 is 0.440 bits per heavy atom. The maximum Gasteiger partial charge on any atom is 0.239 e. The molecule has 3 fully saturated rings. The topological polar surface area (TPSA) is 435 Å². The molecule has 13 N–H and O–H groups in total. The molecule has 29 nitrogen and oxygen atoms in total. The molecule has 3 aliphatic rings. The number of aliphatic hydroxyl groups is 9. The number of aliphatic hydroxyl groups excluding tert-OH is 9. The maximum atomic E-state index is 14.2. The van der Waals surface area contributed by atoms with E-state index >= 15 is 0 Å². The van der Waals surface area contributed by atoms with Gasteiger partial charge in [0.15, 0.2) is 18.9 Å². The first-order valence-electron chi connectivity index (χ1n) is 29.2. The van der Waals surface area contributed by atoms with Gasteiger partial charge in [0.1, 0.15) is 59.8 Å². The second kappa shape index (κ2) is 40.4. The molecule has 4 amide bonds. The Balaban J connectivity index is 1.67. The molecule has 3 heterocycles. The van der Waals surface area contributed by atoms with Crippen molar-refractivity contribution in [2.24, 2.45) is 17.8 Å². The van der Waals surface area contributed by atoms with E-state index in [1.807, 2.05) is 0 Å². The summed E-state index contributed by atoms with van der Waals surface area (Å²) in [5.41, 5.74) is 0. The van der Waals surface area contributed by atoms with Crippen LogP contribution >= 0.6 is 0 Å². The lowest BCUT2D eigenvalue weighted by molar-refractivity contribution is -0.282.